The van der Waals surface area contributed by atoms with Crippen molar-refractivity contribution in [1.82, 2.24) is 24.0 Å². The van der Waals surface area contributed by atoms with Gasteiger partial charge in [0.05, 0.1) is 16.6 Å². The number of nitrogens with one attached hydrogen (secondary N) is 1. The highest BCUT2D eigenvalue weighted by Crippen LogP contribution is 2.42. The second-order valence-corrected chi connectivity index (χ2v) is 8.50. The number of pyridine rings is 1. The van der Waals surface area contributed by atoms with Gasteiger partial charge in [-0.05, 0) is 26.1 Å². The molecule has 14 heteroatoms. The second kappa shape index (κ2) is 9.09. The van der Waals surface area contributed by atoms with Crippen LogP contribution in [0.15, 0.2) is 33.7 Å². The summed E-state index contributed by atoms with van der Waals surface area (Å²) in [5.74, 6) is -8.13. The Morgan fingerprint density at radius 3 is 2.43 bits per heavy atom. The zero-order valence-electron chi connectivity index (χ0n) is 18.6. The molecule has 1 atom stereocenters. The van der Waals surface area contributed by atoms with Gasteiger partial charge in [-0.25, -0.2) is 22.5 Å². The third-order valence-electron chi connectivity index (χ3n) is 5.55. The largest absolute Gasteiger partial charge is 0.354 e. The molecule has 4 heterocycles. The van der Waals surface area contributed by atoms with Crippen LogP contribution in [0.25, 0.3) is 28.0 Å². The Kier molecular flexibility index (Phi) is 6.46. The average Bonchev–Trinajstić information content (AvgIpc) is 3.40. The Morgan fingerprint density at radius 2 is 1.86 bits per heavy atom. The van der Waals surface area contributed by atoms with Crippen molar-refractivity contribution in [2.24, 2.45) is 11.1 Å². The topological polar surface area (TPSA) is 104 Å². The molecule has 0 unspecified atom stereocenters. The van der Waals surface area contributed by atoms with Crippen LogP contribution in [0.1, 0.15) is 18.3 Å². The van der Waals surface area contributed by atoms with Gasteiger partial charge in [-0.15, -0.1) is 0 Å². The number of halogens is 5. The van der Waals surface area contributed by atoms with Crippen LogP contribution in [-0.2, 0) is 12.5 Å². The number of rotatable bonds is 3. The molecule has 0 fully saturated rings. The van der Waals surface area contributed by atoms with Crippen molar-refractivity contribution < 1.29 is 26.5 Å². The number of fused-ring (bicyclic) bond motifs is 2. The first-order chi connectivity index (χ1) is 16.5. The van der Waals surface area contributed by atoms with Crippen LogP contribution in [-0.4, -0.2) is 26.3 Å². The monoisotopic (exact) mass is 514 g/mol. The van der Waals surface area contributed by atoms with Crippen molar-refractivity contribution >= 4 is 23.1 Å². The molecule has 186 valence electrons. The lowest BCUT2D eigenvalue weighted by atomic mass is 10.0. The Hall–Kier alpha value is -3.23. The lowest BCUT2D eigenvalue weighted by Crippen LogP contribution is -2.24. The smallest absolute Gasteiger partial charge is 0.334 e. The average molecular weight is 514 g/mol. The van der Waals surface area contributed by atoms with Crippen molar-refractivity contribution in [2.75, 3.05) is 7.05 Å². The fourth-order valence-electron chi connectivity index (χ4n) is 3.90. The van der Waals surface area contributed by atoms with Crippen LogP contribution >= 0.6 is 12.1 Å². The van der Waals surface area contributed by atoms with Gasteiger partial charge in [-0.3, -0.25) is 19.4 Å². The van der Waals surface area contributed by atoms with E-state index in [4.69, 9.17) is 9.66 Å². The standard InChI is InChI=1S/C20H13F5N4O2.CH6N2S/c1-8-6-28-14(20(8,24)25)7-29(19(28)30)18-16-13(31-27-18)3-9(2)26-17(16)15-11(22)4-10(21)5-12(15)23;1-3-4-2/h3-5,7-8H,6H2,1-2H3;3H,2H2,1H3/t8-;/m1./s1. The summed E-state index contributed by atoms with van der Waals surface area (Å²) in [4.78, 5) is 17.0. The molecule has 3 N–H and O–H groups in total. The van der Waals surface area contributed by atoms with Crippen molar-refractivity contribution in [3.05, 3.63) is 63.7 Å². The van der Waals surface area contributed by atoms with Crippen molar-refractivity contribution in [3.63, 3.8) is 0 Å². The van der Waals surface area contributed by atoms with Gasteiger partial charge in [-0.2, -0.15) is 8.78 Å². The number of nitrogens with zero attached hydrogens (tertiary/aromatic N) is 4. The van der Waals surface area contributed by atoms with E-state index in [2.05, 4.69) is 14.9 Å². The van der Waals surface area contributed by atoms with Crippen molar-refractivity contribution in [1.29, 1.82) is 0 Å². The maximum absolute atomic E-state index is 14.5. The Morgan fingerprint density at radius 1 is 1.23 bits per heavy atom. The van der Waals surface area contributed by atoms with E-state index < -0.39 is 46.2 Å². The molecule has 8 nitrogen and oxygen atoms in total. The molecular weight excluding hydrogens is 495 g/mol. The molecule has 0 radical (unpaired) electrons. The van der Waals surface area contributed by atoms with E-state index in [1.165, 1.54) is 19.9 Å². The molecule has 0 spiro atoms. The predicted molar refractivity (Wildman–Crippen MR) is 119 cm³/mol. The molecule has 5 rings (SSSR count). The van der Waals surface area contributed by atoms with Gasteiger partial charge in [0.25, 0.3) is 5.92 Å². The normalized spacial score (nSPS) is 16.3. The van der Waals surface area contributed by atoms with Gasteiger partial charge in [0, 0.05) is 42.6 Å². The first-order valence-electron chi connectivity index (χ1n) is 10.2. The Bertz CT molecular complexity index is 1460. The van der Waals surface area contributed by atoms with E-state index in [0.29, 0.717) is 17.8 Å². The number of imidazole rings is 1. The highest BCUT2D eigenvalue weighted by molar-refractivity contribution is 7.95. The highest BCUT2D eigenvalue weighted by atomic mass is 32.2. The maximum atomic E-state index is 14.5. The first-order valence-corrected chi connectivity index (χ1v) is 11.0. The predicted octanol–water partition coefficient (Wildman–Crippen LogP) is 4.04. The van der Waals surface area contributed by atoms with Gasteiger partial charge in [-0.1, -0.05) is 12.1 Å². The van der Waals surface area contributed by atoms with Crippen LogP contribution in [0.5, 0.6) is 0 Å². The minimum atomic E-state index is -3.24. The van der Waals surface area contributed by atoms with Crippen LogP contribution < -0.4 is 15.6 Å². The fourth-order valence-corrected chi connectivity index (χ4v) is 3.90. The molecule has 4 aromatic rings. The van der Waals surface area contributed by atoms with E-state index in [-0.39, 0.29) is 29.0 Å². The summed E-state index contributed by atoms with van der Waals surface area (Å²) in [7, 11) is 1.77. The minimum absolute atomic E-state index is 0.0269. The minimum Gasteiger partial charge on any atom is -0.354 e. The molecule has 0 saturated heterocycles. The first kappa shape index (κ1) is 24.9. The van der Waals surface area contributed by atoms with Crippen LogP contribution in [0, 0.1) is 30.3 Å². The highest BCUT2D eigenvalue weighted by Gasteiger charge is 2.48. The number of aryl methyl sites for hydroxylation is 1. The van der Waals surface area contributed by atoms with Gasteiger partial charge >= 0.3 is 5.69 Å². The number of nitrogens with two attached hydrogens (primary N) is 1. The van der Waals surface area contributed by atoms with Crippen molar-refractivity contribution in [2.45, 2.75) is 26.3 Å². The summed E-state index contributed by atoms with van der Waals surface area (Å²) in [5, 5.41) is 8.54. The van der Waals surface area contributed by atoms with Gasteiger partial charge in [0.15, 0.2) is 11.4 Å². The number of aromatic nitrogens is 4. The van der Waals surface area contributed by atoms with Crippen LogP contribution in [0.2, 0.25) is 0 Å². The Labute approximate surface area is 199 Å². The molecule has 0 amide bonds. The van der Waals surface area contributed by atoms with Gasteiger partial charge in [0.2, 0.25) is 0 Å². The molecule has 0 aliphatic carbocycles. The molecular formula is C21H19F5N6O2S. The second-order valence-electron chi connectivity index (χ2n) is 7.86. The fraction of sp³-hybridized carbons (Fsp3) is 0.286. The summed E-state index contributed by atoms with van der Waals surface area (Å²) in [6.45, 7) is 2.66. The zero-order valence-corrected chi connectivity index (χ0v) is 19.4. The third kappa shape index (κ3) is 4.10. The van der Waals surface area contributed by atoms with Crippen LogP contribution in [0.3, 0.4) is 0 Å². The summed E-state index contributed by atoms with van der Waals surface area (Å²) >= 11 is 1.11. The number of hydrogen-bond donors (Lipinski definition) is 2. The lowest BCUT2D eigenvalue weighted by Gasteiger charge is -2.13. The maximum Gasteiger partial charge on any atom is 0.334 e. The summed E-state index contributed by atoms with van der Waals surface area (Å²) in [5.41, 5.74) is -1.92. The lowest BCUT2D eigenvalue weighted by molar-refractivity contribution is -0.0454. The van der Waals surface area contributed by atoms with E-state index in [1.807, 2.05) is 0 Å². The Balaban J connectivity index is 0.000000672. The zero-order chi connectivity index (χ0) is 25.7. The number of alkyl halides is 2. The van der Waals surface area contributed by atoms with E-state index in [1.54, 1.807) is 7.05 Å². The molecule has 0 bridgehead atoms. The van der Waals surface area contributed by atoms with Crippen molar-refractivity contribution in [3.8, 4) is 17.1 Å². The van der Waals surface area contributed by atoms with Crippen LogP contribution in [0.4, 0.5) is 22.0 Å². The molecule has 1 aliphatic rings. The van der Waals surface area contributed by atoms with Gasteiger partial charge in [0.1, 0.15) is 23.1 Å². The molecule has 3 aromatic heterocycles. The molecule has 35 heavy (non-hydrogen) atoms. The van der Waals surface area contributed by atoms with E-state index in [0.717, 1.165) is 27.5 Å². The summed E-state index contributed by atoms with van der Waals surface area (Å²) in [6.07, 6.45) is 0.935. The molecule has 1 aromatic carbocycles. The molecule has 1 aliphatic heterocycles. The quantitative estimate of drug-likeness (QED) is 0.314. The third-order valence-corrected chi connectivity index (χ3v) is 5.79. The van der Waals surface area contributed by atoms with E-state index >= 15 is 0 Å². The molecule has 0 saturated carbocycles. The van der Waals surface area contributed by atoms with Gasteiger partial charge < -0.3 is 4.52 Å². The number of hydrogen-bond acceptors (Lipinski definition) is 7. The van der Waals surface area contributed by atoms with E-state index in [9.17, 15) is 26.7 Å². The summed E-state index contributed by atoms with van der Waals surface area (Å²) in [6, 6.07) is 2.39. The summed E-state index contributed by atoms with van der Waals surface area (Å²) < 4.78 is 80.9. The SMILES string of the molecule is CNSN.Cc1cc2onc(-n3cc4n(c3=O)C[C@@H](C)C4(F)F)c2c(-c2c(F)cc(F)cc2F)n1. The number of benzene rings is 1.